The molecule has 0 saturated heterocycles. The fourth-order valence-electron chi connectivity index (χ4n) is 1.85. The van der Waals surface area contributed by atoms with Crippen LogP contribution in [0, 0.1) is 5.41 Å². The number of para-hydroxylation sites is 2. The zero-order chi connectivity index (χ0) is 16.0. The number of benzene rings is 1. The molecule has 0 bridgehead atoms. The molecule has 0 fully saturated rings. The first-order chi connectivity index (χ1) is 9.77. The molecule has 5 heteroatoms. The van der Waals surface area contributed by atoms with E-state index in [9.17, 15) is 9.59 Å². The highest BCUT2D eigenvalue weighted by molar-refractivity contribution is 5.93. The molecule has 21 heavy (non-hydrogen) atoms. The van der Waals surface area contributed by atoms with Crippen LogP contribution in [0.1, 0.15) is 27.7 Å². The Balaban J connectivity index is 2.76. The highest BCUT2D eigenvalue weighted by Gasteiger charge is 2.21. The summed E-state index contributed by atoms with van der Waals surface area (Å²) in [5, 5.41) is 2.84. The first-order valence-corrected chi connectivity index (χ1v) is 6.96. The van der Waals surface area contributed by atoms with E-state index in [0.29, 0.717) is 24.5 Å². The second-order valence-corrected chi connectivity index (χ2v) is 5.85. The molecular weight excluding hydrogens is 268 g/mol. The van der Waals surface area contributed by atoms with Gasteiger partial charge in [0.1, 0.15) is 5.75 Å². The zero-order valence-electron chi connectivity index (χ0n) is 13.4. The van der Waals surface area contributed by atoms with E-state index in [1.54, 1.807) is 18.1 Å². The number of hydrogen-bond donors (Lipinski definition) is 1. The number of hydrogen-bond acceptors (Lipinski definition) is 3. The van der Waals surface area contributed by atoms with Crippen LogP contribution in [0.2, 0.25) is 0 Å². The van der Waals surface area contributed by atoms with Crippen LogP contribution in [0.4, 0.5) is 5.69 Å². The molecule has 1 aromatic carbocycles. The van der Waals surface area contributed by atoms with Crippen molar-refractivity contribution in [3.63, 3.8) is 0 Å². The van der Waals surface area contributed by atoms with Gasteiger partial charge in [0.2, 0.25) is 11.8 Å². The van der Waals surface area contributed by atoms with Gasteiger partial charge in [-0.25, -0.2) is 0 Å². The third kappa shape index (κ3) is 4.77. The Morgan fingerprint density at radius 1 is 1.24 bits per heavy atom. The first-order valence-electron chi connectivity index (χ1n) is 6.96. The molecule has 0 aliphatic carbocycles. The highest BCUT2D eigenvalue weighted by atomic mass is 16.5. The molecule has 0 radical (unpaired) electrons. The molecule has 0 saturated carbocycles. The number of amides is 2. The molecule has 0 aromatic heterocycles. The van der Waals surface area contributed by atoms with Crippen molar-refractivity contribution in [2.24, 2.45) is 5.41 Å². The molecule has 0 atom stereocenters. The summed E-state index contributed by atoms with van der Waals surface area (Å²) in [7, 11) is 1.57. The van der Waals surface area contributed by atoms with Gasteiger partial charge in [-0.2, -0.15) is 0 Å². The lowest BCUT2D eigenvalue weighted by Gasteiger charge is -2.24. The second-order valence-electron chi connectivity index (χ2n) is 5.85. The summed E-state index contributed by atoms with van der Waals surface area (Å²) in [4.78, 5) is 25.3. The number of ether oxygens (including phenoxy) is 1. The standard InChI is InChI=1S/C16H24N2O3/c1-12(19)18(11-10-17-15(20)16(2,3)4)13-8-6-7-9-14(13)21-5/h6-9H,10-11H2,1-5H3,(H,17,20). The Bertz CT molecular complexity index is 506. The van der Waals surface area contributed by atoms with Crippen LogP contribution < -0.4 is 15.0 Å². The Hall–Kier alpha value is -2.04. The molecule has 0 aliphatic rings. The van der Waals surface area contributed by atoms with E-state index in [-0.39, 0.29) is 11.8 Å². The molecular formula is C16H24N2O3. The van der Waals surface area contributed by atoms with Crippen molar-refractivity contribution in [1.29, 1.82) is 0 Å². The smallest absolute Gasteiger partial charge is 0.225 e. The van der Waals surface area contributed by atoms with Crippen LogP contribution in [0.15, 0.2) is 24.3 Å². The third-order valence-corrected chi connectivity index (χ3v) is 3.06. The van der Waals surface area contributed by atoms with Gasteiger partial charge in [0, 0.05) is 25.4 Å². The van der Waals surface area contributed by atoms with E-state index >= 15 is 0 Å². The predicted molar refractivity (Wildman–Crippen MR) is 83.5 cm³/mol. The first kappa shape index (κ1) is 17.0. The molecule has 0 unspecified atom stereocenters. The van der Waals surface area contributed by atoms with Gasteiger partial charge in [0.05, 0.1) is 12.8 Å². The molecule has 1 N–H and O–H groups in total. The predicted octanol–water partition coefficient (Wildman–Crippen LogP) is 2.21. The van der Waals surface area contributed by atoms with Gasteiger partial charge in [-0.05, 0) is 12.1 Å². The minimum absolute atomic E-state index is 0.0361. The number of methoxy groups -OCH3 is 1. The van der Waals surface area contributed by atoms with E-state index in [1.807, 2.05) is 39.0 Å². The second kappa shape index (κ2) is 7.11. The van der Waals surface area contributed by atoms with E-state index in [2.05, 4.69) is 5.32 Å². The summed E-state index contributed by atoms with van der Waals surface area (Å²) in [6, 6.07) is 7.33. The summed E-state index contributed by atoms with van der Waals surface area (Å²) < 4.78 is 5.28. The average molecular weight is 292 g/mol. The molecule has 0 aliphatic heterocycles. The van der Waals surface area contributed by atoms with Crippen LogP contribution in [0.3, 0.4) is 0 Å². The van der Waals surface area contributed by atoms with Crippen LogP contribution in [0.5, 0.6) is 5.75 Å². The van der Waals surface area contributed by atoms with E-state index in [1.165, 1.54) is 6.92 Å². The number of carbonyl (C=O) groups excluding carboxylic acids is 2. The van der Waals surface area contributed by atoms with Crippen molar-refractivity contribution in [2.75, 3.05) is 25.1 Å². The summed E-state index contributed by atoms with van der Waals surface area (Å²) in [6.45, 7) is 7.85. The summed E-state index contributed by atoms with van der Waals surface area (Å²) in [5.41, 5.74) is 0.267. The number of nitrogens with zero attached hydrogens (tertiary/aromatic N) is 1. The van der Waals surface area contributed by atoms with Crippen LogP contribution in [-0.2, 0) is 9.59 Å². The maximum absolute atomic E-state index is 11.8. The largest absolute Gasteiger partial charge is 0.495 e. The van der Waals surface area contributed by atoms with Crippen LogP contribution in [0.25, 0.3) is 0 Å². The van der Waals surface area contributed by atoms with Crippen molar-refractivity contribution in [3.05, 3.63) is 24.3 Å². The van der Waals surface area contributed by atoms with Gasteiger partial charge < -0.3 is 15.0 Å². The number of rotatable bonds is 5. The number of anilines is 1. The summed E-state index contributed by atoms with van der Waals surface area (Å²) >= 11 is 0. The fraction of sp³-hybridized carbons (Fsp3) is 0.500. The molecule has 5 nitrogen and oxygen atoms in total. The van der Waals surface area contributed by atoms with Gasteiger partial charge in [0.25, 0.3) is 0 Å². The lowest BCUT2D eigenvalue weighted by molar-refractivity contribution is -0.128. The van der Waals surface area contributed by atoms with Crippen molar-refractivity contribution >= 4 is 17.5 Å². The quantitative estimate of drug-likeness (QED) is 0.905. The van der Waals surface area contributed by atoms with Gasteiger partial charge in [-0.15, -0.1) is 0 Å². The fourth-order valence-corrected chi connectivity index (χ4v) is 1.85. The Labute approximate surface area is 126 Å². The van der Waals surface area contributed by atoms with Gasteiger partial charge in [-0.1, -0.05) is 32.9 Å². The van der Waals surface area contributed by atoms with Crippen LogP contribution >= 0.6 is 0 Å². The third-order valence-electron chi connectivity index (χ3n) is 3.06. The highest BCUT2D eigenvalue weighted by Crippen LogP contribution is 2.27. The van der Waals surface area contributed by atoms with Crippen LogP contribution in [-0.4, -0.2) is 32.0 Å². The summed E-state index contributed by atoms with van der Waals surface area (Å²) in [5.74, 6) is 0.505. The molecule has 0 heterocycles. The minimum atomic E-state index is -0.439. The normalized spacial score (nSPS) is 10.9. The van der Waals surface area contributed by atoms with E-state index in [4.69, 9.17) is 4.74 Å². The maximum Gasteiger partial charge on any atom is 0.225 e. The Morgan fingerprint density at radius 3 is 2.38 bits per heavy atom. The van der Waals surface area contributed by atoms with Crippen molar-refractivity contribution in [2.45, 2.75) is 27.7 Å². The molecule has 2 amide bonds. The van der Waals surface area contributed by atoms with Gasteiger partial charge in [-0.3, -0.25) is 9.59 Å². The van der Waals surface area contributed by atoms with Crippen molar-refractivity contribution in [1.82, 2.24) is 5.32 Å². The van der Waals surface area contributed by atoms with Crippen molar-refractivity contribution in [3.8, 4) is 5.75 Å². The zero-order valence-corrected chi connectivity index (χ0v) is 13.4. The molecule has 116 valence electrons. The lowest BCUT2D eigenvalue weighted by atomic mass is 9.96. The topological polar surface area (TPSA) is 58.6 Å². The molecule has 0 spiro atoms. The van der Waals surface area contributed by atoms with Crippen molar-refractivity contribution < 1.29 is 14.3 Å². The number of carbonyl (C=O) groups is 2. The summed E-state index contributed by atoms with van der Waals surface area (Å²) in [6.07, 6.45) is 0. The van der Waals surface area contributed by atoms with Gasteiger partial charge >= 0.3 is 0 Å². The monoisotopic (exact) mass is 292 g/mol. The Morgan fingerprint density at radius 2 is 1.86 bits per heavy atom. The Kier molecular flexibility index (Phi) is 5.76. The SMILES string of the molecule is COc1ccccc1N(CCNC(=O)C(C)(C)C)C(C)=O. The average Bonchev–Trinajstić information content (AvgIpc) is 2.42. The van der Waals surface area contributed by atoms with Gasteiger partial charge in [0.15, 0.2) is 0 Å². The lowest BCUT2D eigenvalue weighted by Crippen LogP contribution is -2.41. The minimum Gasteiger partial charge on any atom is -0.495 e. The van der Waals surface area contributed by atoms with E-state index in [0.717, 1.165) is 0 Å². The molecule has 1 aromatic rings. The molecule has 1 rings (SSSR count). The number of nitrogens with one attached hydrogen (secondary N) is 1. The van der Waals surface area contributed by atoms with E-state index < -0.39 is 5.41 Å². The maximum atomic E-state index is 11.8.